The predicted molar refractivity (Wildman–Crippen MR) is 73.1 cm³/mol. The number of nitrogens with two attached hydrogens (primary N) is 1. The smallest absolute Gasteiger partial charge is 0.318 e. The number of benzene rings is 1. The van der Waals surface area contributed by atoms with E-state index in [0.717, 1.165) is 6.07 Å². The molecule has 2 rings (SSSR count). The van der Waals surface area contributed by atoms with Gasteiger partial charge in [0.1, 0.15) is 11.6 Å². The van der Waals surface area contributed by atoms with Gasteiger partial charge in [0, 0.05) is 18.2 Å². The summed E-state index contributed by atoms with van der Waals surface area (Å²) in [4.78, 5) is 8.10. The van der Waals surface area contributed by atoms with Crippen LogP contribution >= 0.6 is 0 Å². The summed E-state index contributed by atoms with van der Waals surface area (Å²) < 4.78 is 18.5. The highest BCUT2D eigenvalue weighted by Gasteiger charge is 2.10. The van der Waals surface area contributed by atoms with Gasteiger partial charge in [-0.15, -0.1) is 0 Å². The molecular formula is C13H15FN4O2. The minimum Gasteiger partial charge on any atom is -0.508 e. The molecular weight excluding hydrogens is 263 g/mol. The lowest BCUT2D eigenvalue weighted by Crippen LogP contribution is -2.09. The third kappa shape index (κ3) is 2.87. The van der Waals surface area contributed by atoms with Crippen molar-refractivity contribution in [3.8, 4) is 11.8 Å². The van der Waals surface area contributed by atoms with Crippen molar-refractivity contribution in [3.05, 3.63) is 35.3 Å². The standard InChI is InChI=1S/C13H15FN4O2/c1-7-11(15)12(18-13(17-7)20-2)16-6-8-3-4-9(19)5-10(8)14/h3-5,19H,6,15H2,1-2H3,(H,16,17,18). The number of methoxy groups -OCH3 is 1. The van der Waals surface area contributed by atoms with E-state index in [1.165, 1.54) is 19.2 Å². The Bertz CT molecular complexity index is 634. The second-order valence-corrected chi connectivity index (χ2v) is 4.19. The summed E-state index contributed by atoms with van der Waals surface area (Å²) in [5, 5.41) is 12.1. The zero-order chi connectivity index (χ0) is 14.7. The molecule has 0 aliphatic rings. The normalized spacial score (nSPS) is 10.3. The van der Waals surface area contributed by atoms with Gasteiger partial charge in [0.05, 0.1) is 18.5 Å². The second kappa shape index (κ2) is 5.60. The number of aryl methyl sites for hydroxylation is 1. The number of halogens is 1. The van der Waals surface area contributed by atoms with Crippen LogP contribution in [0, 0.1) is 12.7 Å². The molecule has 0 bridgehead atoms. The quantitative estimate of drug-likeness (QED) is 0.790. The molecule has 0 amide bonds. The van der Waals surface area contributed by atoms with E-state index in [2.05, 4.69) is 15.3 Å². The van der Waals surface area contributed by atoms with Crippen molar-refractivity contribution in [3.63, 3.8) is 0 Å². The van der Waals surface area contributed by atoms with Gasteiger partial charge < -0.3 is 20.9 Å². The van der Waals surface area contributed by atoms with Crippen LogP contribution in [0.25, 0.3) is 0 Å². The number of phenolic OH excluding ortho intramolecular Hbond substituents is 1. The average molecular weight is 278 g/mol. The molecule has 0 spiro atoms. The maximum Gasteiger partial charge on any atom is 0.318 e. The molecule has 0 aliphatic heterocycles. The van der Waals surface area contributed by atoms with Gasteiger partial charge in [-0.2, -0.15) is 9.97 Å². The Kier molecular flexibility index (Phi) is 3.88. The van der Waals surface area contributed by atoms with Crippen molar-refractivity contribution >= 4 is 11.5 Å². The highest BCUT2D eigenvalue weighted by Crippen LogP contribution is 2.23. The Morgan fingerprint density at radius 3 is 2.80 bits per heavy atom. The highest BCUT2D eigenvalue weighted by molar-refractivity contribution is 5.64. The van der Waals surface area contributed by atoms with Crippen LogP contribution in [0.4, 0.5) is 15.9 Å². The summed E-state index contributed by atoms with van der Waals surface area (Å²) in [5.41, 5.74) is 7.20. The number of nitrogens with one attached hydrogen (secondary N) is 1. The summed E-state index contributed by atoms with van der Waals surface area (Å²) in [6.07, 6.45) is 0. The molecule has 0 saturated carbocycles. The summed E-state index contributed by atoms with van der Waals surface area (Å²) in [6, 6.07) is 4.13. The van der Waals surface area contributed by atoms with E-state index in [9.17, 15) is 4.39 Å². The Hall–Kier alpha value is -2.57. The molecule has 0 atom stereocenters. The Morgan fingerprint density at radius 1 is 1.40 bits per heavy atom. The van der Waals surface area contributed by atoms with E-state index in [-0.39, 0.29) is 18.3 Å². The first-order valence-electron chi connectivity index (χ1n) is 5.90. The van der Waals surface area contributed by atoms with Gasteiger partial charge in [-0.25, -0.2) is 4.39 Å². The number of phenols is 1. The lowest BCUT2D eigenvalue weighted by atomic mass is 10.2. The topological polar surface area (TPSA) is 93.3 Å². The van der Waals surface area contributed by atoms with Crippen molar-refractivity contribution in [2.24, 2.45) is 0 Å². The van der Waals surface area contributed by atoms with E-state index >= 15 is 0 Å². The molecule has 6 nitrogen and oxygen atoms in total. The molecule has 0 fully saturated rings. The van der Waals surface area contributed by atoms with E-state index < -0.39 is 5.82 Å². The number of nitrogen functional groups attached to an aromatic ring is 1. The highest BCUT2D eigenvalue weighted by atomic mass is 19.1. The predicted octanol–water partition coefficient (Wildman–Crippen LogP) is 1.83. The molecule has 4 N–H and O–H groups in total. The zero-order valence-electron chi connectivity index (χ0n) is 11.1. The average Bonchev–Trinajstić information content (AvgIpc) is 2.41. The first-order valence-corrected chi connectivity index (χ1v) is 5.90. The van der Waals surface area contributed by atoms with Crippen molar-refractivity contribution in [1.29, 1.82) is 0 Å². The molecule has 0 aliphatic carbocycles. The van der Waals surface area contributed by atoms with Crippen LogP contribution in [-0.2, 0) is 6.54 Å². The fourth-order valence-corrected chi connectivity index (χ4v) is 1.64. The number of hydrogen-bond acceptors (Lipinski definition) is 6. The minimum atomic E-state index is -0.506. The Morgan fingerprint density at radius 2 is 2.15 bits per heavy atom. The summed E-state index contributed by atoms with van der Waals surface area (Å²) in [7, 11) is 1.45. The van der Waals surface area contributed by atoms with Gasteiger partial charge in [0.2, 0.25) is 0 Å². The van der Waals surface area contributed by atoms with Gasteiger partial charge in [-0.05, 0) is 13.0 Å². The van der Waals surface area contributed by atoms with Gasteiger partial charge in [0.25, 0.3) is 0 Å². The SMILES string of the molecule is COc1nc(C)c(N)c(NCc2ccc(O)cc2F)n1. The number of nitrogens with zero attached hydrogens (tertiary/aromatic N) is 2. The van der Waals surface area contributed by atoms with Crippen LogP contribution in [0.3, 0.4) is 0 Å². The zero-order valence-corrected chi connectivity index (χ0v) is 11.1. The van der Waals surface area contributed by atoms with Crippen LogP contribution in [-0.4, -0.2) is 22.2 Å². The largest absolute Gasteiger partial charge is 0.508 e. The van der Waals surface area contributed by atoms with Crippen LogP contribution in [0.5, 0.6) is 11.8 Å². The minimum absolute atomic E-state index is 0.120. The van der Waals surface area contributed by atoms with Crippen LogP contribution in [0.15, 0.2) is 18.2 Å². The molecule has 0 radical (unpaired) electrons. The molecule has 0 unspecified atom stereocenters. The van der Waals surface area contributed by atoms with Crippen LogP contribution in [0.1, 0.15) is 11.3 Å². The van der Waals surface area contributed by atoms with Crippen molar-refractivity contribution in [2.75, 3.05) is 18.2 Å². The number of ether oxygens (including phenoxy) is 1. The van der Waals surface area contributed by atoms with Gasteiger partial charge in [-0.1, -0.05) is 6.07 Å². The molecule has 7 heteroatoms. The monoisotopic (exact) mass is 278 g/mol. The summed E-state index contributed by atoms with van der Waals surface area (Å²) >= 11 is 0. The van der Waals surface area contributed by atoms with Crippen molar-refractivity contribution in [2.45, 2.75) is 13.5 Å². The number of rotatable bonds is 4. The number of aromatic hydroxyl groups is 1. The fourth-order valence-electron chi connectivity index (χ4n) is 1.64. The molecule has 1 aromatic heterocycles. The van der Waals surface area contributed by atoms with Gasteiger partial charge in [-0.3, -0.25) is 0 Å². The number of anilines is 2. The van der Waals surface area contributed by atoms with Crippen molar-refractivity contribution in [1.82, 2.24) is 9.97 Å². The lowest BCUT2D eigenvalue weighted by molar-refractivity contribution is 0.379. The second-order valence-electron chi connectivity index (χ2n) is 4.19. The fraction of sp³-hybridized carbons (Fsp3) is 0.231. The Balaban J connectivity index is 2.20. The first-order chi connectivity index (χ1) is 9.51. The van der Waals surface area contributed by atoms with E-state index in [0.29, 0.717) is 22.8 Å². The van der Waals surface area contributed by atoms with E-state index in [1.54, 1.807) is 6.92 Å². The Labute approximate surface area is 115 Å². The summed E-state index contributed by atoms with van der Waals surface area (Å²) in [6.45, 7) is 1.90. The molecule has 0 saturated heterocycles. The number of hydrogen-bond donors (Lipinski definition) is 3. The molecule has 20 heavy (non-hydrogen) atoms. The first kappa shape index (κ1) is 13.9. The molecule has 2 aromatic rings. The van der Waals surface area contributed by atoms with Crippen LogP contribution in [0.2, 0.25) is 0 Å². The maximum absolute atomic E-state index is 13.6. The summed E-state index contributed by atoms with van der Waals surface area (Å²) in [5.74, 6) is -0.249. The van der Waals surface area contributed by atoms with Crippen molar-refractivity contribution < 1.29 is 14.2 Å². The molecule has 1 aromatic carbocycles. The third-order valence-electron chi connectivity index (χ3n) is 2.78. The van der Waals surface area contributed by atoms with E-state index in [1.807, 2.05) is 0 Å². The lowest BCUT2D eigenvalue weighted by Gasteiger charge is -2.11. The molecule has 1 heterocycles. The van der Waals surface area contributed by atoms with Crippen LogP contribution < -0.4 is 15.8 Å². The van der Waals surface area contributed by atoms with Gasteiger partial charge in [0.15, 0.2) is 5.82 Å². The third-order valence-corrected chi connectivity index (χ3v) is 2.78. The van der Waals surface area contributed by atoms with Gasteiger partial charge >= 0.3 is 6.01 Å². The number of aromatic nitrogens is 2. The van der Waals surface area contributed by atoms with E-state index in [4.69, 9.17) is 15.6 Å². The maximum atomic E-state index is 13.6. The molecule has 106 valence electrons.